The molecule has 0 bridgehead atoms. The van der Waals surface area contributed by atoms with Gasteiger partial charge in [0.2, 0.25) is 11.8 Å². The van der Waals surface area contributed by atoms with E-state index in [1.807, 2.05) is 12.4 Å². The van der Waals surface area contributed by atoms with Crippen molar-refractivity contribution in [2.24, 2.45) is 5.92 Å². The number of amides is 2. The molecular weight excluding hydrogens is 306 g/mol. The molecule has 7 nitrogen and oxygen atoms in total. The summed E-state index contributed by atoms with van der Waals surface area (Å²) in [4.78, 5) is 34.4. The van der Waals surface area contributed by atoms with E-state index in [-0.39, 0.29) is 17.7 Å². The zero-order valence-corrected chi connectivity index (χ0v) is 15.4. The van der Waals surface area contributed by atoms with Crippen molar-refractivity contribution in [1.29, 1.82) is 0 Å². The minimum absolute atomic E-state index is 0.0251. The molecule has 2 rings (SSSR count). The highest BCUT2D eigenvalue weighted by Gasteiger charge is 2.30. The van der Waals surface area contributed by atoms with Crippen molar-refractivity contribution in [3.05, 3.63) is 18.2 Å². The van der Waals surface area contributed by atoms with E-state index in [2.05, 4.69) is 28.3 Å². The van der Waals surface area contributed by atoms with Gasteiger partial charge in [-0.2, -0.15) is 0 Å². The third kappa shape index (κ3) is 4.35. The summed E-state index contributed by atoms with van der Waals surface area (Å²) in [6.07, 6.45) is 3.81. The van der Waals surface area contributed by atoms with E-state index >= 15 is 0 Å². The quantitative estimate of drug-likeness (QED) is 0.818. The van der Waals surface area contributed by atoms with Crippen LogP contribution in [0.2, 0.25) is 0 Å². The van der Waals surface area contributed by atoms with Gasteiger partial charge in [-0.3, -0.25) is 14.5 Å². The van der Waals surface area contributed by atoms with Crippen molar-refractivity contribution in [3.63, 3.8) is 0 Å². The van der Waals surface area contributed by atoms with Crippen LogP contribution in [-0.4, -0.2) is 76.3 Å². The highest BCUT2D eigenvalue weighted by atomic mass is 16.2. The van der Waals surface area contributed by atoms with Crippen LogP contribution < -0.4 is 0 Å². The Labute approximate surface area is 144 Å². The lowest BCUT2D eigenvalue weighted by Gasteiger charge is -2.26. The molecule has 1 fully saturated rings. The van der Waals surface area contributed by atoms with E-state index in [1.54, 1.807) is 30.8 Å². The van der Waals surface area contributed by atoms with Crippen LogP contribution in [0.3, 0.4) is 0 Å². The molecule has 2 amide bonds. The van der Waals surface area contributed by atoms with Gasteiger partial charge in [-0.15, -0.1) is 0 Å². The summed E-state index contributed by atoms with van der Waals surface area (Å²) >= 11 is 0. The Bertz CT molecular complexity index is 581. The third-order valence-electron chi connectivity index (χ3n) is 4.51. The van der Waals surface area contributed by atoms with Crippen LogP contribution in [0, 0.1) is 5.92 Å². The van der Waals surface area contributed by atoms with Crippen molar-refractivity contribution in [2.75, 3.05) is 40.3 Å². The number of imidazole rings is 1. The fourth-order valence-electron chi connectivity index (χ4n) is 3.17. The Hall–Kier alpha value is -1.89. The van der Waals surface area contributed by atoms with Crippen molar-refractivity contribution < 1.29 is 9.59 Å². The van der Waals surface area contributed by atoms with Crippen LogP contribution in [0.4, 0.5) is 0 Å². The van der Waals surface area contributed by atoms with Crippen molar-refractivity contribution in [2.45, 2.75) is 33.4 Å². The van der Waals surface area contributed by atoms with Crippen LogP contribution >= 0.6 is 0 Å². The highest BCUT2D eigenvalue weighted by molar-refractivity contribution is 5.80. The molecular formula is C17H29N5O2. The Morgan fingerprint density at radius 3 is 2.58 bits per heavy atom. The molecule has 0 aliphatic carbocycles. The Kier molecular flexibility index (Phi) is 5.99. The van der Waals surface area contributed by atoms with Crippen molar-refractivity contribution in [1.82, 2.24) is 24.3 Å². The molecule has 0 N–H and O–H groups in total. The first-order valence-electron chi connectivity index (χ1n) is 8.50. The minimum atomic E-state index is -0.200. The summed E-state index contributed by atoms with van der Waals surface area (Å²) in [5, 5.41) is 0. The molecule has 0 spiro atoms. The van der Waals surface area contributed by atoms with E-state index in [4.69, 9.17) is 0 Å². The smallest absolute Gasteiger partial charge is 0.228 e. The van der Waals surface area contributed by atoms with Gasteiger partial charge < -0.3 is 14.4 Å². The molecule has 0 aromatic carbocycles. The predicted octanol–water partition coefficient (Wildman–Crippen LogP) is 0.833. The molecule has 1 aromatic rings. The summed E-state index contributed by atoms with van der Waals surface area (Å²) in [6, 6.07) is 0.349. The minimum Gasteiger partial charge on any atom is -0.348 e. The zero-order chi connectivity index (χ0) is 17.9. The number of hydrogen-bond acceptors (Lipinski definition) is 4. The number of rotatable bonds is 4. The summed E-state index contributed by atoms with van der Waals surface area (Å²) in [5.74, 6) is 0.892. The Morgan fingerprint density at radius 1 is 1.29 bits per heavy atom. The molecule has 1 aliphatic rings. The molecule has 134 valence electrons. The van der Waals surface area contributed by atoms with E-state index < -0.39 is 0 Å². The summed E-state index contributed by atoms with van der Waals surface area (Å²) < 4.78 is 2.15. The lowest BCUT2D eigenvalue weighted by atomic mass is 10.1. The molecule has 7 heteroatoms. The Balaban J connectivity index is 2.16. The van der Waals surface area contributed by atoms with Gasteiger partial charge in [0, 0.05) is 65.6 Å². The van der Waals surface area contributed by atoms with Gasteiger partial charge in [-0.25, -0.2) is 4.98 Å². The molecule has 0 saturated carbocycles. The maximum atomic E-state index is 12.5. The van der Waals surface area contributed by atoms with Crippen LogP contribution in [0.5, 0.6) is 0 Å². The average Bonchev–Trinajstić information content (AvgIpc) is 2.86. The standard InChI is InChI=1S/C17H29N5O2/c1-13(2)22-7-6-18-16(22)12-20-8-9-21(14(3)23)11-15(10-20)17(24)19(4)5/h6-7,13,15H,8-12H2,1-5H3. The number of carbonyl (C=O) groups excluding carboxylic acids is 2. The second-order valence-corrected chi connectivity index (χ2v) is 6.97. The van der Waals surface area contributed by atoms with Crippen LogP contribution in [-0.2, 0) is 16.1 Å². The second kappa shape index (κ2) is 7.79. The van der Waals surface area contributed by atoms with Gasteiger partial charge >= 0.3 is 0 Å². The van der Waals surface area contributed by atoms with E-state index in [0.29, 0.717) is 32.2 Å². The normalized spacial score (nSPS) is 19.4. The van der Waals surface area contributed by atoms with Crippen molar-refractivity contribution >= 4 is 11.8 Å². The van der Waals surface area contributed by atoms with Crippen molar-refractivity contribution in [3.8, 4) is 0 Å². The van der Waals surface area contributed by atoms with Gasteiger partial charge in [0.25, 0.3) is 0 Å². The van der Waals surface area contributed by atoms with Crippen LogP contribution in [0.1, 0.15) is 32.6 Å². The van der Waals surface area contributed by atoms with Crippen LogP contribution in [0.15, 0.2) is 12.4 Å². The highest BCUT2D eigenvalue weighted by Crippen LogP contribution is 2.16. The number of carbonyl (C=O) groups is 2. The average molecular weight is 335 g/mol. The summed E-state index contributed by atoms with van der Waals surface area (Å²) in [5.41, 5.74) is 0. The van der Waals surface area contributed by atoms with Gasteiger partial charge in [0.05, 0.1) is 12.5 Å². The first kappa shape index (κ1) is 18.4. The largest absolute Gasteiger partial charge is 0.348 e. The lowest BCUT2D eigenvalue weighted by Crippen LogP contribution is -2.41. The fraction of sp³-hybridized carbons (Fsp3) is 0.706. The number of hydrogen-bond donors (Lipinski definition) is 0. The number of nitrogens with zero attached hydrogens (tertiary/aromatic N) is 5. The summed E-state index contributed by atoms with van der Waals surface area (Å²) in [7, 11) is 3.53. The molecule has 1 aliphatic heterocycles. The predicted molar refractivity (Wildman–Crippen MR) is 92.3 cm³/mol. The van der Waals surface area contributed by atoms with Crippen LogP contribution in [0.25, 0.3) is 0 Å². The monoisotopic (exact) mass is 335 g/mol. The zero-order valence-electron chi connectivity index (χ0n) is 15.4. The van der Waals surface area contributed by atoms with Gasteiger partial charge in [-0.05, 0) is 13.8 Å². The molecule has 2 heterocycles. The SMILES string of the molecule is CC(=O)N1CCN(Cc2nccn2C(C)C)CC(C(=O)N(C)C)C1. The topological polar surface area (TPSA) is 61.7 Å². The molecule has 1 saturated heterocycles. The molecule has 1 unspecified atom stereocenters. The molecule has 1 atom stereocenters. The van der Waals surface area contributed by atoms with Gasteiger partial charge in [0.15, 0.2) is 0 Å². The van der Waals surface area contributed by atoms with Gasteiger partial charge in [0.1, 0.15) is 5.82 Å². The number of aromatic nitrogens is 2. The first-order valence-corrected chi connectivity index (χ1v) is 8.50. The fourth-order valence-corrected chi connectivity index (χ4v) is 3.17. The Morgan fingerprint density at radius 2 is 2.00 bits per heavy atom. The molecule has 24 heavy (non-hydrogen) atoms. The third-order valence-corrected chi connectivity index (χ3v) is 4.51. The van der Waals surface area contributed by atoms with E-state index in [0.717, 1.165) is 12.4 Å². The lowest BCUT2D eigenvalue weighted by molar-refractivity contribution is -0.135. The second-order valence-electron chi connectivity index (χ2n) is 6.97. The molecule has 1 aromatic heterocycles. The first-order chi connectivity index (χ1) is 11.3. The van der Waals surface area contributed by atoms with E-state index in [9.17, 15) is 9.59 Å². The maximum Gasteiger partial charge on any atom is 0.228 e. The maximum absolute atomic E-state index is 12.5. The summed E-state index contributed by atoms with van der Waals surface area (Å²) in [6.45, 7) is 9.04. The van der Waals surface area contributed by atoms with Gasteiger partial charge in [-0.1, -0.05) is 0 Å². The molecule has 0 radical (unpaired) electrons. The van der Waals surface area contributed by atoms with E-state index in [1.165, 1.54) is 0 Å².